The second-order valence-corrected chi connectivity index (χ2v) is 4.67. The minimum Gasteiger partial charge on any atom is -0.282 e. The van der Waals surface area contributed by atoms with E-state index in [1.807, 2.05) is 6.07 Å². The monoisotopic (exact) mass is 233 g/mol. The number of hydrogen-bond donors (Lipinski definition) is 1. The van der Waals surface area contributed by atoms with Crippen LogP contribution in [-0.2, 0) is 10.1 Å². The van der Waals surface area contributed by atoms with Crippen LogP contribution < -0.4 is 0 Å². The van der Waals surface area contributed by atoms with Crippen LogP contribution in [0, 0.1) is 11.3 Å². The van der Waals surface area contributed by atoms with E-state index in [9.17, 15) is 8.42 Å². The molecule has 0 unspecified atom stereocenters. The van der Waals surface area contributed by atoms with Gasteiger partial charge in [-0.25, -0.2) is 0 Å². The van der Waals surface area contributed by atoms with Crippen LogP contribution >= 0.6 is 0 Å². The smallest absolute Gasteiger partial charge is 0.282 e. The van der Waals surface area contributed by atoms with Gasteiger partial charge in [0.25, 0.3) is 10.1 Å². The van der Waals surface area contributed by atoms with Crippen molar-refractivity contribution in [2.45, 2.75) is 4.90 Å². The topological polar surface area (TPSA) is 78.2 Å². The molecular formula is C11H7NO3S. The zero-order valence-corrected chi connectivity index (χ0v) is 8.90. The van der Waals surface area contributed by atoms with Gasteiger partial charge in [0, 0.05) is 5.39 Å². The lowest BCUT2D eigenvalue weighted by Gasteiger charge is -2.04. The second kappa shape index (κ2) is 3.59. The molecule has 2 aromatic rings. The van der Waals surface area contributed by atoms with Crippen LogP contribution in [0.15, 0.2) is 41.3 Å². The maximum absolute atomic E-state index is 11.2. The molecule has 5 heteroatoms. The molecular weight excluding hydrogens is 226 g/mol. The van der Waals surface area contributed by atoms with Crippen molar-refractivity contribution in [1.29, 1.82) is 5.26 Å². The van der Waals surface area contributed by atoms with Gasteiger partial charge in [-0.15, -0.1) is 0 Å². The van der Waals surface area contributed by atoms with E-state index in [4.69, 9.17) is 9.81 Å². The number of benzene rings is 2. The molecule has 0 aliphatic carbocycles. The van der Waals surface area contributed by atoms with E-state index in [-0.39, 0.29) is 10.5 Å². The fourth-order valence-corrected chi connectivity index (χ4v) is 2.29. The highest BCUT2D eigenvalue weighted by atomic mass is 32.2. The highest BCUT2D eigenvalue weighted by Gasteiger charge is 2.14. The predicted molar refractivity (Wildman–Crippen MR) is 58.5 cm³/mol. The average molecular weight is 233 g/mol. The summed E-state index contributed by atoms with van der Waals surface area (Å²) in [6.45, 7) is 0. The van der Waals surface area contributed by atoms with Crippen LogP contribution in [0.5, 0.6) is 0 Å². The third kappa shape index (κ3) is 1.76. The van der Waals surface area contributed by atoms with Crippen molar-refractivity contribution in [1.82, 2.24) is 0 Å². The summed E-state index contributed by atoms with van der Waals surface area (Å²) >= 11 is 0. The lowest BCUT2D eigenvalue weighted by Crippen LogP contribution is -1.99. The third-order valence-electron chi connectivity index (χ3n) is 2.23. The molecule has 0 atom stereocenters. The number of fused-ring (bicyclic) bond motifs is 1. The van der Waals surface area contributed by atoms with E-state index in [2.05, 4.69) is 0 Å². The first kappa shape index (κ1) is 10.6. The van der Waals surface area contributed by atoms with Gasteiger partial charge in [0.2, 0.25) is 0 Å². The molecule has 0 aliphatic rings. The molecule has 0 saturated heterocycles. The molecule has 2 rings (SSSR count). The van der Waals surface area contributed by atoms with Gasteiger partial charge in [-0.1, -0.05) is 24.3 Å². The molecule has 0 heterocycles. The van der Waals surface area contributed by atoms with Crippen LogP contribution in [-0.4, -0.2) is 13.0 Å². The summed E-state index contributed by atoms with van der Waals surface area (Å²) in [5.41, 5.74) is 0.200. The molecule has 0 aliphatic heterocycles. The third-order valence-corrected chi connectivity index (χ3v) is 3.12. The molecule has 0 aromatic heterocycles. The van der Waals surface area contributed by atoms with Gasteiger partial charge in [-0.3, -0.25) is 4.55 Å². The van der Waals surface area contributed by atoms with Crippen LogP contribution in [0.3, 0.4) is 0 Å². The van der Waals surface area contributed by atoms with E-state index in [0.717, 1.165) is 6.07 Å². The van der Waals surface area contributed by atoms with E-state index >= 15 is 0 Å². The Hall–Kier alpha value is -1.90. The maximum Gasteiger partial charge on any atom is 0.295 e. The first-order valence-corrected chi connectivity index (χ1v) is 5.87. The molecule has 0 amide bonds. The molecule has 80 valence electrons. The quantitative estimate of drug-likeness (QED) is 0.763. The molecule has 2 aromatic carbocycles. The van der Waals surface area contributed by atoms with E-state index in [1.54, 1.807) is 30.3 Å². The van der Waals surface area contributed by atoms with Gasteiger partial charge >= 0.3 is 0 Å². The van der Waals surface area contributed by atoms with Crippen molar-refractivity contribution in [3.05, 3.63) is 42.0 Å². The Balaban J connectivity index is 2.97. The van der Waals surface area contributed by atoms with Crippen molar-refractivity contribution in [3.8, 4) is 6.07 Å². The molecule has 0 bridgehead atoms. The minimum atomic E-state index is -4.31. The molecule has 0 spiro atoms. The molecule has 1 N–H and O–H groups in total. The Labute approximate surface area is 92.5 Å². The summed E-state index contributed by atoms with van der Waals surface area (Å²) < 4.78 is 31.4. The van der Waals surface area contributed by atoms with Gasteiger partial charge in [-0.2, -0.15) is 13.7 Å². The van der Waals surface area contributed by atoms with Crippen LogP contribution in [0.1, 0.15) is 5.56 Å². The largest absolute Gasteiger partial charge is 0.295 e. The highest BCUT2D eigenvalue weighted by Crippen LogP contribution is 2.24. The van der Waals surface area contributed by atoms with Gasteiger partial charge in [0.1, 0.15) is 4.90 Å². The zero-order valence-electron chi connectivity index (χ0n) is 8.08. The Morgan fingerprint density at radius 3 is 2.50 bits per heavy atom. The fourth-order valence-electron chi connectivity index (χ4n) is 1.55. The van der Waals surface area contributed by atoms with Gasteiger partial charge in [-0.05, 0) is 17.5 Å². The molecule has 4 nitrogen and oxygen atoms in total. The minimum absolute atomic E-state index is 0.200. The zero-order chi connectivity index (χ0) is 11.8. The molecule has 0 fully saturated rings. The first-order valence-electron chi connectivity index (χ1n) is 4.43. The average Bonchev–Trinajstić information content (AvgIpc) is 2.26. The number of nitriles is 1. The predicted octanol–water partition coefficient (Wildman–Crippen LogP) is 1.96. The Bertz CT molecular complexity index is 699. The van der Waals surface area contributed by atoms with Crippen molar-refractivity contribution < 1.29 is 13.0 Å². The molecule has 0 radical (unpaired) electrons. The van der Waals surface area contributed by atoms with Gasteiger partial charge in [0.05, 0.1) is 11.6 Å². The summed E-state index contributed by atoms with van der Waals surface area (Å²) in [6.07, 6.45) is 0. The normalized spacial score (nSPS) is 11.2. The second-order valence-electron chi connectivity index (χ2n) is 3.28. The first-order chi connectivity index (χ1) is 7.52. The van der Waals surface area contributed by atoms with Crippen LogP contribution in [0.4, 0.5) is 0 Å². The Morgan fingerprint density at radius 2 is 1.88 bits per heavy atom. The highest BCUT2D eigenvalue weighted by molar-refractivity contribution is 7.86. The molecule has 16 heavy (non-hydrogen) atoms. The lowest BCUT2D eigenvalue weighted by atomic mass is 10.1. The van der Waals surface area contributed by atoms with Crippen molar-refractivity contribution in [3.63, 3.8) is 0 Å². The summed E-state index contributed by atoms with van der Waals surface area (Å²) in [7, 11) is -4.31. The number of nitrogens with zero attached hydrogens (tertiary/aromatic N) is 1. The number of rotatable bonds is 1. The van der Waals surface area contributed by atoms with Crippen molar-refractivity contribution >= 4 is 20.9 Å². The van der Waals surface area contributed by atoms with Gasteiger partial charge in [0.15, 0.2) is 0 Å². The summed E-state index contributed by atoms with van der Waals surface area (Å²) in [5.74, 6) is 0. The van der Waals surface area contributed by atoms with E-state index in [1.165, 1.54) is 0 Å². The lowest BCUT2D eigenvalue weighted by molar-refractivity contribution is 0.484. The fraction of sp³-hybridized carbons (Fsp3) is 0. The standard InChI is InChI=1S/C11H7NO3S/c12-7-8-5-9-3-1-2-4-10(9)11(6-8)16(13,14)15/h1-6H,(H,13,14,15). The summed E-state index contributed by atoms with van der Waals surface area (Å²) in [5, 5.41) is 9.77. The summed E-state index contributed by atoms with van der Waals surface area (Å²) in [6, 6.07) is 11.3. The maximum atomic E-state index is 11.2. The Morgan fingerprint density at radius 1 is 1.19 bits per heavy atom. The van der Waals surface area contributed by atoms with Crippen LogP contribution in [0.25, 0.3) is 10.8 Å². The summed E-state index contributed by atoms with van der Waals surface area (Å²) in [4.78, 5) is -0.234. The number of hydrogen-bond acceptors (Lipinski definition) is 3. The van der Waals surface area contributed by atoms with Gasteiger partial charge < -0.3 is 0 Å². The Kier molecular flexibility index (Phi) is 2.38. The van der Waals surface area contributed by atoms with E-state index < -0.39 is 10.1 Å². The molecule has 0 saturated carbocycles. The van der Waals surface area contributed by atoms with Crippen LogP contribution in [0.2, 0.25) is 0 Å². The SMILES string of the molecule is N#Cc1cc(S(=O)(=O)O)c2ccccc2c1. The van der Waals surface area contributed by atoms with Crippen molar-refractivity contribution in [2.75, 3.05) is 0 Å². The van der Waals surface area contributed by atoms with Crippen molar-refractivity contribution in [2.24, 2.45) is 0 Å². The van der Waals surface area contributed by atoms with E-state index in [0.29, 0.717) is 10.8 Å².